The molecule has 0 saturated carbocycles. The van der Waals surface area contributed by atoms with Crippen molar-refractivity contribution >= 4 is 0 Å². The van der Waals surface area contributed by atoms with Crippen LogP contribution < -0.4 is 0 Å². The summed E-state index contributed by atoms with van der Waals surface area (Å²) in [5.74, 6) is 0.329. The fourth-order valence-corrected chi connectivity index (χ4v) is 0.956. The number of aliphatic hydroxyl groups is 1. The molecule has 0 radical (unpaired) electrons. The van der Waals surface area contributed by atoms with Gasteiger partial charge in [-0.3, -0.25) is 0 Å². The normalized spacial score (nSPS) is 17.5. The summed E-state index contributed by atoms with van der Waals surface area (Å²) in [5.41, 5.74) is -0.562. The minimum Gasteiger partial charge on any atom is -0.390 e. The number of hydrogen-bond acceptors (Lipinski definition) is 2. The van der Waals surface area contributed by atoms with Gasteiger partial charge >= 0.3 is 0 Å². The summed E-state index contributed by atoms with van der Waals surface area (Å²) in [5, 5.41) is 9.63. The van der Waals surface area contributed by atoms with Gasteiger partial charge in [0.1, 0.15) is 0 Å². The molecule has 74 valence electrons. The maximum Gasteiger partial charge on any atom is 0.0617 e. The third-order valence-electron chi connectivity index (χ3n) is 2.61. The van der Waals surface area contributed by atoms with Gasteiger partial charge in [0, 0.05) is 7.11 Å². The Morgan fingerprint density at radius 1 is 1.25 bits per heavy atom. The van der Waals surface area contributed by atoms with Crippen LogP contribution in [0.4, 0.5) is 0 Å². The van der Waals surface area contributed by atoms with Crippen LogP contribution in [0.5, 0.6) is 0 Å². The molecule has 2 nitrogen and oxygen atoms in total. The molecule has 0 aliphatic carbocycles. The van der Waals surface area contributed by atoms with E-state index in [1.165, 1.54) is 0 Å². The first-order valence-corrected chi connectivity index (χ1v) is 4.63. The Bertz CT molecular complexity index is 115. The van der Waals surface area contributed by atoms with Gasteiger partial charge in [0.2, 0.25) is 0 Å². The summed E-state index contributed by atoms with van der Waals surface area (Å²) in [6.45, 7) is 7.84. The van der Waals surface area contributed by atoms with Crippen LogP contribution in [-0.2, 0) is 4.74 Å². The van der Waals surface area contributed by atoms with E-state index in [-0.39, 0.29) is 0 Å². The molecular formula is C10H22O2. The van der Waals surface area contributed by atoms with Gasteiger partial charge in [-0.15, -0.1) is 0 Å². The lowest BCUT2D eigenvalue weighted by Gasteiger charge is -2.26. The van der Waals surface area contributed by atoms with Crippen molar-refractivity contribution in [2.75, 3.05) is 7.11 Å². The van der Waals surface area contributed by atoms with E-state index < -0.39 is 5.60 Å². The molecule has 0 bridgehead atoms. The Hall–Kier alpha value is -0.0800. The molecule has 2 atom stereocenters. The highest BCUT2D eigenvalue weighted by molar-refractivity contribution is 4.73. The lowest BCUT2D eigenvalue weighted by Crippen LogP contribution is -2.29. The van der Waals surface area contributed by atoms with Crippen molar-refractivity contribution in [3.8, 4) is 0 Å². The van der Waals surface area contributed by atoms with Crippen LogP contribution in [0, 0.1) is 5.92 Å². The van der Waals surface area contributed by atoms with E-state index in [0.29, 0.717) is 12.0 Å². The van der Waals surface area contributed by atoms with E-state index in [4.69, 9.17) is 4.74 Å². The second kappa shape index (κ2) is 4.83. The van der Waals surface area contributed by atoms with Gasteiger partial charge < -0.3 is 9.84 Å². The second-order valence-corrected chi connectivity index (χ2v) is 4.18. The quantitative estimate of drug-likeness (QED) is 0.692. The molecule has 0 aliphatic heterocycles. The average Bonchev–Trinajstić information content (AvgIpc) is 1.97. The van der Waals surface area contributed by atoms with Crippen LogP contribution >= 0.6 is 0 Å². The highest BCUT2D eigenvalue weighted by Gasteiger charge is 2.22. The molecular weight excluding hydrogens is 152 g/mol. The molecule has 0 aliphatic rings. The zero-order chi connectivity index (χ0) is 9.78. The highest BCUT2D eigenvalue weighted by Crippen LogP contribution is 2.21. The molecule has 0 aromatic rings. The Morgan fingerprint density at radius 2 is 1.75 bits per heavy atom. The van der Waals surface area contributed by atoms with Crippen molar-refractivity contribution < 1.29 is 9.84 Å². The summed E-state index contributed by atoms with van der Waals surface area (Å²) < 4.78 is 5.13. The van der Waals surface area contributed by atoms with E-state index >= 15 is 0 Å². The van der Waals surface area contributed by atoms with Crippen molar-refractivity contribution in [2.24, 2.45) is 5.92 Å². The molecule has 0 saturated heterocycles. The Kier molecular flexibility index (Phi) is 4.80. The first-order valence-electron chi connectivity index (χ1n) is 4.63. The average molecular weight is 174 g/mol. The molecule has 12 heavy (non-hydrogen) atoms. The van der Waals surface area contributed by atoms with Crippen LogP contribution in [0.3, 0.4) is 0 Å². The van der Waals surface area contributed by atoms with E-state index in [2.05, 4.69) is 13.8 Å². The van der Waals surface area contributed by atoms with Crippen molar-refractivity contribution in [2.45, 2.75) is 52.2 Å². The lowest BCUT2D eigenvalue weighted by atomic mass is 9.88. The van der Waals surface area contributed by atoms with Crippen molar-refractivity contribution in [1.29, 1.82) is 0 Å². The summed E-state index contributed by atoms with van der Waals surface area (Å²) in [7, 11) is 1.72. The summed E-state index contributed by atoms with van der Waals surface area (Å²) in [6.07, 6.45) is 2.33. The van der Waals surface area contributed by atoms with Crippen LogP contribution in [0.25, 0.3) is 0 Å². The fraction of sp³-hybridized carbons (Fsp3) is 1.00. The van der Waals surface area contributed by atoms with Gasteiger partial charge in [-0.05, 0) is 39.5 Å². The van der Waals surface area contributed by atoms with Crippen LogP contribution in [0.2, 0.25) is 0 Å². The minimum absolute atomic E-state index is 0.301. The molecule has 0 aromatic heterocycles. The second-order valence-electron chi connectivity index (χ2n) is 4.18. The molecule has 2 unspecified atom stereocenters. The summed E-state index contributed by atoms with van der Waals surface area (Å²) >= 11 is 0. The van der Waals surface area contributed by atoms with E-state index in [1.807, 2.05) is 13.8 Å². The van der Waals surface area contributed by atoms with Crippen LogP contribution in [0.15, 0.2) is 0 Å². The van der Waals surface area contributed by atoms with Crippen molar-refractivity contribution in [1.82, 2.24) is 0 Å². The first kappa shape index (κ1) is 11.9. The maximum atomic E-state index is 9.63. The van der Waals surface area contributed by atoms with E-state index in [1.54, 1.807) is 7.11 Å². The van der Waals surface area contributed by atoms with Gasteiger partial charge in [0.05, 0.1) is 11.7 Å². The number of rotatable bonds is 5. The monoisotopic (exact) mass is 174 g/mol. The lowest BCUT2D eigenvalue weighted by molar-refractivity contribution is 0.0125. The Balaban J connectivity index is 3.64. The standard InChI is InChI=1S/C10H22O2/c1-8(10(3,4)11)6-7-9(2)12-5/h8-9,11H,6-7H2,1-5H3. The fourth-order valence-electron chi connectivity index (χ4n) is 0.956. The number of methoxy groups -OCH3 is 1. The third-order valence-corrected chi connectivity index (χ3v) is 2.61. The summed E-state index contributed by atoms with van der Waals surface area (Å²) in [6, 6.07) is 0. The van der Waals surface area contributed by atoms with E-state index in [9.17, 15) is 5.11 Å². The Morgan fingerprint density at radius 3 is 2.08 bits per heavy atom. The molecule has 0 heterocycles. The third kappa shape index (κ3) is 4.73. The van der Waals surface area contributed by atoms with Crippen molar-refractivity contribution in [3.05, 3.63) is 0 Å². The van der Waals surface area contributed by atoms with Gasteiger partial charge in [0.15, 0.2) is 0 Å². The minimum atomic E-state index is -0.562. The predicted octanol–water partition coefficient (Wildman–Crippen LogP) is 2.21. The van der Waals surface area contributed by atoms with Gasteiger partial charge in [-0.1, -0.05) is 6.92 Å². The smallest absolute Gasteiger partial charge is 0.0617 e. The van der Waals surface area contributed by atoms with Crippen LogP contribution in [-0.4, -0.2) is 23.9 Å². The first-order chi connectivity index (χ1) is 5.38. The number of ether oxygens (including phenoxy) is 1. The molecule has 0 spiro atoms. The molecule has 2 heteroatoms. The predicted molar refractivity (Wildman–Crippen MR) is 51.2 cm³/mol. The summed E-state index contributed by atoms with van der Waals surface area (Å²) in [4.78, 5) is 0. The molecule has 0 rings (SSSR count). The molecule has 0 fully saturated rings. The van der Waals surface area contributed by atoms with E-state index in [0.717, 1.165) is 12.8 Å². The maximum absolute atomic E-state index is 9.63. The zero-order valence-electron chi connectivity index (χ0n) is 8.92. The molecule has 1 N–H and O–H groups in total. The van der Waals surface area contributed by atoms with Gasteiger partial charge in [-0.25, -0.2) is 0 Å². The zero-order valence-corrected chi connectivity index (χ0v) is 8.92. The van der Waals surface area contributed by atoms with Crippen molar-refractivity contribution in [3.63, 3.8) is 0 Å². The highest BCUT2D eigenvalue weighted by atomic mass is 16.5. The largest absolute Gasteiger partial charge is 0.390 e. The van der Waals surface area contributed by atoms with Gasteiger partial charge in [0.25, 0.3) is 0 Å². The number of hydrogen-bond donors (Lipinski definition) is 1. The van der Waals surface area contributed by atoms with Gasteiger partial charge in [-0.2, -0.15) is 0 Å². The SMILES string of the molecule is COC(C)CCC(C)C(C)(C)O. The topological polar surface area (TPSA) is 29.5 Å². The molecule has 0 amide bonds. The van der Waals surface area contributed by atoms with Crippen LogP contribution in [0.1, 0.15) is 40.5 Å². The Labute approximate surface area is 75.9 Å². The molecule has 0 aromatic carbocycles.